The molecule has 3 atom stereocenters. The van der Waals surface area contributed by atoms with Crippen molar-refractivity contribution in [2.75, 3.05) is 19.6 Å². The van der Waals surface area contributed by atoms with Gasteiger partial charge in [0.1, 0.15) is 0 Å². The molecule has 1 aliphatic carbocycles. The van der Waals surface area contributed by atoms with E-state index in [1.807, 2.05) is 0 Å². The lowest BCUT2D eigenvalue weighted by Crippen LogP contribution is -2.43. The monoisotopic (exact) mass is 244 g/mol. The van der Waals surface area contributed by atoms with E-state index in [1.54, 1.807) is 4.90 Å². The molecule has 3 rings (SSSR count). The highest BCUT2D eigenvalue weighted by Gasteiger charge is 2.55. The lowest BCUT2D eigenvalue weighted by molar-refractivity contribution is -0.133. The number of halogens is 2. The van der Waals surface area contributed by atoms with Crippen molar-refractivity contribution in [2.45, 2.75) is 37.6 Å². The number of nitrogens with zero attached hydrogens (tertiary/aromatic N) is 1. The topological polar surface area (TPSA) is 32.3 Å². The summed E-state index contributed by atoms with van der Waals surface area (Å²) in [6.07, 6.45) is 2.43. The Bertz CT molecular complexity index is 328. The quantitative estimate of drug-likeness (QED) is 0.752. The van der Waals surface area contributed by atoms with E-state index in [2.05, 4.69) is 5.32 Å². The van der Waals surface area contributed by atoms with Gasteiger partial charge in [0.25, 0.3) is 5.92 Å². The molecule has 96 valence electrons. The Morgan fingerprint density at radius 3 is 2.76 bits per heavy atom. The molecule has 3 fully saturated rings. The van der Waals surface area contributed by atoms with Gasteiger partial charge in [-0.3, -0.25) is 4.79 Å². The van der Waals surface area contributed by atoms with Crippen molar-refractivity contribution >= 4 is 5.91 Å². The molecule has 0 spiro atoms. The minimum Gasteiger partial charge on any atom is -0.341 e. The first-order valence-electron chi connectivity index (χ1n) is 6.48. The molecule has 0 aromatic heterocycles. The number of nitrogens with one attached hydrogen (secondary N) is 1. The summed E-state index contributed by atoms with van der Waals surface area (Å²) in [7, 11) is 0. The number of likely N-dealkylation sites (tertiary alicyclic amines) is 1. The number of carbonyl (C=O) groups excluding carboxylic acids is 1. The first kappa shape index (κ1) is 11.4. The summed E-state index contributed by atoms with van der Waals surface area (Å²) in [5, 5.41) is 3.14. The number of carbonyl (C=O) groups is 1. The van der Waals surface area contributed by atoms with Gasteiger partial charge in [-0.2, -0.15) is 0 Å². The van der Waals surface area contributed by atoms with Crippen LogP contribution < -0.4 is 5.32 Å². The largest absolute Gasteiger partial charge is 0.341 e. The maximum Gasteiger partial charge on any atom is 0.252 e. The van der Waals surface area contributed by atoms with Crippen molar-refractivity contribution in [3.05, 3.63) is 0 Å². The van der Waals surface area contributed by atoms with Gasteiger partial charge in [-0.1, -0.05) is 0 Å². The summed E-state index contributed by atoms with van der Waals surface area (Å²) in [6.45, 7) is 1.67. The van der Waals surface area contributed by atoms with Gasteiger partial charge in [0.05, 0.1) is 6.04 Å². The Morgan fingerprint density at radius 2 is 2.12 bits per heavy atom. The molecule has 3 nitrogen and oxygen atoms in total. The van der Waals surface area contributed by atoms with Crippen LogP contribution in [0.3, 0.4) is 0 Å². The zero-order valence-electron chi connectivity index (χ0n) is 9.79. The summed E-state index contributed by atoms with van der Waals surface area (Å²) in [5.41, 5.74) is 0. The van der Waals surface area contributed by atoms with Crippen LogP contribution in [-0.4, -0.2) is 42.4 Å². The van der Waals surface area contributed by atoms with Crippen LogP contribution in [0.5, 0.6) is 0 Å². The predicted octanol–water partition coefficient (Wildman–Crippen LogP) is 1.24. The number of fused-ring (bicyclic) bond motifs is 1. The molecule has 5 heteroatoms. The van der Waals surface area contributed by atoms with Crippen molar-refractivity contribution in [1.29, 1.82) is 0 Å². The zero-order valence-corrected chi connectivity index (χ0v) is 9.79. The lowest BCUT2D eigenvalue weighted by atomic mass is 9.99. The molecule has 3 aliphatic rings. The Morgan fingerprint density at radius 1 is 1.29 bits per heavy atom. The summed E-state index contributed by atoms with van der Waals surface area (Å²) < 4.78 is 27.1. The van der Waals surface area contributed by atoms with Gasteiger partial charge >= 0.3 is 0 Å². The molecular weight excluding hydrogens is 226 g/mol. The molecule has 2 saturated heterocycles. The van der Waals surface area contributed by atoms with Crippen molar-refractivity contribution in [3.63, 3.8) is 0 Å². The molecule has 2 aliphatic heterocycles. The maximum absolute atomic E-state index is 13.6. The van der Waals surface area contributed by atoms with Gasteiger partial charge in [-0.25, -0.2) is 8.78 Å². The van der Waals surface area contributed by atoms with E-state index < -0.39 is 11.8 Å². The fourth-order valence-corrected chi connectivity index (χ4v) is 3.50. The summed E-state index contributed by atoms with van der Waals surface area (Å²) in [4.78, 5) is 13.8. The van der Waals surface area contributed by atoms with Crippen LogP contribution in [0.4, 0.5) is 8.78 Å². The molecule has 0 bridgehead atoms. The minimum atomic E-state index is -2.55. The number of rotatable bonds is 1. The molecule has 0 unspecified atom stereocenters. The molecule has 1 N–H and O–H groups in total. The fraction of sp³-hybridized carbons (Fsp3) is 0.917. The van der Waals surface area contributed by atoms with Crippen LogP contribution in [0.25, 0.3) is 0 Å². The Labute approximate surface area is 99.5 Å². The van der Waals surface area contributed by atoms with Gasteiger partial charge in [-0.15, -0.1) is 0 Å². The van der Waals surface area contributed by atoms with Crippen LogP contribution in [0.2, 0.25) is 0 Å². The SMILES string of the molecule is O=C([C@@H]1CCCN1)N1C[C@H]2CCC(F)(F)[C@@H]2C1. The summed E-state index contributed by atoms with van der Waals surface area (Å²) in [6, 6.07) is -0.123. The fourth-order valence-electron chi connectivity index (χ4n) is 3.50. The van der Waals surface area contributed by atoms with Crippen LogP contribution in [0.1, 0.15) is 25.7 Å². The Hall–Kier alpha value is -0.710. The van der Waals surface area contributed by atoms with Crippen LogP contribution in [0.15, 0.2) is 0 Å². The molecule has 0 radical (unpaired) electrons. The third kappa shape index (κ3) is 1.84. The number of hydrogen-bond donors (Lipinski definition) is 1. The molecule has 1 amide bonds. The molecule has 1 saturated carbocycles. The molecule has 0 aromatic rings. The molecular formula is C12H18F2N2O. The second-order valence-electron chi connectivity index (χ2n) is 5.56. The molecule has 2 heterocycles. The van der Waals surface area contributed by atoms with Crippen molar-refractivity contribution in [2.24, 2.45) is 11.8 Å². The van der Waals surface area contributed by atoms with Crippen molar-refractivity contribution in [1.82, 2.24) is 10.2 Å². The van der Waals surface area contributed by atoms with E-state index in [0.717, 1.165) is 19.4 Å². The minimum absolute atomic E-state index is 0.00599. The summed E-state index contributed by atoms with van der Waals surface area (Å²) >= 11 is 0. The summed E-state index contributed by atoms with van der Waals surface area (Å²) in [5.74, 6) is -3.08. The first-order valence-corrected chi connectivity index (χ1v) is 6.48. The molecule has 17 heavy (non-hydrogen) atoms. The average Bonchev–Trinajstić information content (AvgIpc) is 2.97. The maximum atomic E-state index is 13.6. The van der Waals surface area contributed by atoms with Crippen LogP contribution >= 0.6 is 0 Å². The predicted molar refractivity (Wildman–Crippen MR) is 58.8 cm³/mol. The first-order chi connectivity index (χ1) is 8.08. The van der Waals surface area contributed by atoms with E-state index in [9.17, 15) is 13.6 Å². The van der Waals surface area contributed by atoms with Gasteiger partial charge in [0.15, 0.2) is 0 Å². The number of alkyl halides is 2. The normalized spacial score (nSPS) is 39.6. The Balaban J connectivity index is 1.66. The van der Waals surface area contributed by atoms with Crippen LogP contribution in [-0.2, 0) is 4.79 Å². The second-order valence-corrected chi connectivity index (χ2v) is 5.56. The van der Waals surface area contributed by atoms with Gasteiger partial charge in [-0.05, 0) is 31.7 Å². The highest BCUT2D eigenvalue weighted by Crippen LogP contribution is 2.48. The lowest BCUT2D eigenvalue weighted by Gasteiger charge is -2.23. The zero-order chi connectivity index (χ0) is 12.0. The molecule has 0 aromatic carbocycles. The van der Waals surface area contributed by atoms with E-state index in [-0.39, 0.29) is 30.8 Å². The third-order valence-corrected chi connectivity index (χ3v) is 4.50. The van der Waals surface area contributed by atoms with Gasteiger partial charge < -0.3 is 10.2 Å². The second kappa shape index (κ2) is 3.90. The third-order valence-electron chi connectivity index (χ3n) is 4.50. The van der Waals surface area contributed by atoms with E-state index in [0.29, 0.717) is 13.0 Å². The van der Waals surface area contributed by atoms with Gasteiger partial charge in [0, 0.05) is 25.4 Å². The smallest absolute Gasteiger partial charge is 0.252 e. The van der Waals surface area contributed by atoms with E-state index in [4.69, 9.17) is 0 Å². The van der Waals surface area contributed by atoms with Crippen molar-refractivity contribution < 1.29 is 13.6 Å². The Kier molecular flexibility index (Phi) is 2.61. The number of hydrogen-bond acceptors (Lipinski definition) is 2. The standard InChI is InChI=1S/C12H18F2N2O/c13-12(14)4-3-8-6-16(7-9(8)12)11(17)10-2-1-5-15-10/h8-10,15H,1-7H2/t8-,9-,10+/m1/s1. The van der Waals surface area contributed by atoms with E-state index >= 15 is 0 Å². The van der Waals surface area contributed by atoms with Crippen molar-refractivity contribution in [3.8, 4) is 0 Å². The van der Waals surface area contributed by atoms with Crippen LogP contribution in [0, 0.1) is 11.8 Å². The van der Waals surface area contributed by atoms with E-state index in [1.165, 1.54) is 0 Å². The number of amides is 1. The average molecular weight is 244 g/mol. The highest BCUT2D eigenvalue weighted by atomic mass is 19.3. The van der Waals surface area contributed by atoms with Gasteiger partial charge in [0.2, 0.25) is 5.91 Å². The highest BCUT2D eigenvalue weighted by molar-refractivity contribution is 5.82.